The Morgan fingerprint density at radius 3 is 2.50 bits per heavy atom. The predicted octanol–water partition coefficient (Wildman–Crippen LogP) is 3.88. The lowest BCUT2D eigenvalue weighted by atomic mass is 10.1. The SMILES string of the molecule is COc1ccc(-c2ccnc3c(C(=O)N4CCN(C/C=C/c5ccccc5)CC4)cnn23)cc1OC. The van der Waals surface area contributed by atoms with Crippen molar-refractivity contribution in [2.75, 3.05) is 46.9 Å². The van der Waals surface area contributed by atoms with E-state index in [2.05, 4.69) is 39.3 Å². The highest BCUT2D eigenvalue weighted by Gasteiger charge is 2.25. The largest absolute Gasteiger partial charge is 0.493 e. The molecular weight excluding hydrogens is 454 g/mol. The lowest BCUT2D eigenvalue weighted by Crippen LogP contribution is -2.48. The molecule has 1 aliphatic heterocycles. The number of rotatable bonds is 7. The summed E-state index contributed by atoms with van der Waals surface area (Å²) in [6, 6.07) is 17.8. The summed E-state index contributed by atoms with van der Waals surface area (Å²) in [5.41, 5.74) is 3.95. The van der Waals surface area contributed by atoms with Crippen LogP contribution in [0.2, 0.25) is 0 Å². The molecule has 0 bridgehead atoms. The van der Waals surface area contributed by atoms with Gasteiger partial charge in [0.15, 0.2) is 17.1 Å². The number of aromatic nitrogens is 3. The van der Waals surface area contributed by atoms with E-state index in [1.807, 2.05) is 47.4 Å². The lowest BCUT2D eigenvalue weighted by Gasteiger charge is -2.34. The summed E-state index contributed by atoms with van der Waals surface area (Å²) < 4.78 is 12.5. The van der Waals surface area contributed by atoms with Gasteiger partial charge in [-0.25, -0.2) is 9.50 Å². The van der Waals surface area contributed by atoms with Crippen molar-refractivity contribution in [3.63, 3.8) is 0 Å². The number of methoxy groups -OCH3 is 2. The minimum atomic E-state index is -0.0403. The topological polar surface area (TPSA) is 72.2 Å². The molecule has 1 fully saturated rings. The first kappa shape index (κ1) is 23.6. The molecule has 0 saturated carbocycles. The van der Waals surface area contributed by atoms with Crippen LogP contribution in [0.1, 0.15) is 15.9 Å². The summed E-state index contributed by atoms with van der Waals surface area (Å²) in [6.07, 6.45) is 7.64. The van der Waals surface area contributed by atoms with Crippen molar-refractivity contribution in [1.82, 2.24) is 24.4 Å². The lowest BCUT2D eigenvalue weighted by molar-refractivity contribution is 0.0652. The highest BCUT2D eigenvalue weighted by molar-refractivity contribution is 6.00. The van der Waals surface area contributed by atoms with E-state index in [1.54, 1.807) is 31.1 Å². The number of hydrogen-bond acceptors (Lipinski definition) is 6. The van der Waals surface area contributed by atoms with Crippen LogP contribution in [0.25, 0.3) is 23.0 Å². The molecule has 0 unspecified atom stereocenters. The third kappa shape index (κ3) is 4.81. The monoisotopic (exact) mass is 483 g/mol. The number of carbonyl (C=O) groups is 1. The highest BCUT2D eigenvalue weighted by Crippen LogP contribution is 2.32. The van der Waals surface area contributed by atoms with Crippen LogP contribution in [0.3, 0.4) is 0 Å². The third-order valence-corrected chi connectivity index (χ3v) is 6.44. The molecule has 0 radical (unpaired) electrons. The van der Waals surface area contributed by atoms with Crippen molar-refractivity contribution in [1.29, 1.82) is 0 Å². The fraction of sp³-hybridized carbons (Fsp3) is 0.250. The summed E-state index contributed by atoms with van der Waals surface area (Å²) in [7, 11) is 3.21. The van der Waals surface area contributed by atoms with E-state index in [1.165, 1.54) is 5.56 Å². The van der Waals surface area contributed by atoms with E-state index in [0.717, 1.165) is 30.9 Å². The van der Waals surface area contributed by atoms with Gasteiger partial charge >= 0.3 is 0 Å². The summed E-state index contributed by atoms with van der Waals surface area (Å²) in [5.74, 6) is 1.24. The number of ether oxygens (including phenoxy) is 2. The smallest absolute Gasteiger partial charge is 0.259 e. The molecule has 4 aromatic rings. The van der Waals surface area contributed by atoms with Gasteiger partial charge in [-0.2, -0.15) is 5.10 Å². The van der Waals surface area contributed by atoms with Gasteiger partial charge in [-0.3, -0.25) is 9.69 Å². The zero-order valence-corrected chi connectivity index (χ0v) is 20.5. The molecule has 8 heteroatoms. The first-order valence-electron chi connectivity index (χ1n) is 12.0. The molecule has 184 valence electrons. The summed E-state index contributed by atoms with van der Waals surface area (Å²) in [6.45, 7) is 3.86. The maximum atomic E-state index is 13.4. The van der Waals surface area contributed by atoms with Crippen LogP contribution >= 0.6 is 0 Å². The molecule has 0 N–H and O–H groups in total. The standard InChI is InChI=1S/C28H29N5O3/c1-35-25-11-10-22(19-26(25)36-2)24-12-13-29-27-23(20-30-33(24)27)28(34)32-17-15-31(16-18-32)14-6-9-21-7-4-3-5-8-21/h3-13,19-20H,14-18H2,1-2H3/b9-6+. The Hall–Kier alpha value is -4.17. The zero-order valence-electron chi connectivity index (χ0n) is 20.5. The van der Waals surface area contributed by atoms with Gasteiger partial charge in [-0.05, 0) is 29.8 Å². The molecule has 36 heavy (non-hydrogen) atoms. The van der Waals surface area contributed by atoms with Gasteiger partial charge in [0.2, 0.25) is 0 Å². The van der Waals surface area contributed by atoms with Gasteiger partial charge in [-0.1, -0.05) is 42.5 Å². The molecule has 1 saturated heterocycles. The Bertz CT molecular complexity index is 1370. The predicted molar refractivity (Wildman–Crippen MR) is 139 cm³/mol. The number of piperazine rings is 1. The number of nitrogens with zero attached hydrogens (tertiary/aromatic N) is 5. The molecule has 0 aliphatic carbocycles. The number of fused-ring (bicyclic) bond motifs is 1. The van der Waals surface area contributed by atoms with Crippen LogP contribution in [0, 0.1) is 0 Å². The van der Waals surface area contributed by atoms with Gasteiger partial charge < -0.3 is 14.4 Å². The van der Waals surface area contributed by atoms with Crippen molar-refractivity contribution in [2.24, 2.45) is 0 Å². The van der Waals surface area contributed by atoms with Gasteiger partial charge in [-0.15, -0.1) is 0 Å². The van der Waals surface area contributed by atoms with Crippen LogP contribution in [0.15, 0.2) is 73.1 Å². The van der Waals surface area contributed by atoms with Crippen LogP contribution in [0.5, 0.6) is 11.5 Å². The molecule has 0 atom stereocenters. The minimum absolute atomic E-state index is 0.0403. The van der Waals surface area contributed by atoms with Crippen molar-refractivity contribution in [3.8, 4) is 22.8 Å². The van der Waals surface area contributed by atoms with Gasteiger partial charge in [0.05, 0.1) is 26.1 Å². The van der Waals surface area contributed by atoms with Crippen molar-refractivity contribution < 1.29 is 14.3 Å². The van der Waals surface area contributed by atoms with E-state index >= 15 is 0 Å². The first-order chi connectivity index (χ1) is 17.7. The first-order valence-corrected chi connectivity index (χ1v) is 12.0. The Morgan fingerprint density at radius 2 is 1.75 bits per heavy atom. The molecule has 0 spiro atoms. The Kier molecular flexibility index (Phi) is 6.95. The second-order valence-corrected chi connectivity index (χ2v) is 8.60. The quantitative estimate of drug-likeness (QED) is 0.397. The molecule has 5 rings (SSSR count). The molecule has 1 amide bonds. The van der Waals surface area contributed by atoms with Crippen molar-refractivity contribution in [2.45, 2.75) is 0 Å². The fourth-order valence-corrected chi connectivity index (χ4v) is 4.46. The van der Waals surface area contributed by atoms with Crippen molar-refractivity contribution >= 4 is 17.6 Å². The Morgan fingerprint density at radius 1 is 0.972 bits per heavy atom. The third-order valence-electron chi connectivity index (χ3n) is 6.44. The maximum Gasteiger partial charge on any atom is 0.259 e. The second kappa shape index (κ2) is 10.6. The second-order valence-electron chi connectivity index (χ2n) is 8.60. The average molecular weight is 484 g/mol. The van der Waals surface area contributed by atoms with Gasteiger partial charge in [0.1, 0.15) is 5.56 Å². The van der Waals surface area contributed by atoms with Crippen LogP contribution in [-0.4, -0.2) is 77.2 Å². The minimum Gasteiger partial charge on any atom is -0.493 e. The zero-order chi connectivity index (χ0) is 24.9. The normalized spacial score (nSPS) is 14.4. The van der Waals surface area contributed by atoms with E-state index in [9.17, 15) is 4.79 Å². The maximum absolute atomic E-state index is 13.4. The number of carbonyl (C=O) groups excluding carboxylic acids is 1. The summed E-state index contributed by atoms with van der Waals surface area (Å²) in [4.78, 5) is 22.1. The molecule has 8 nitrogen and oxygen atoms in total. The van der Waals surface area contributed by atoms with Crippen LogP contribution in [-0.2, 0) is 0 Å². The molecule has 2 aromatic carbocycles. The number of hydrogen-bond donors (Lipinski definition) is 0. The molecule has 1 aliphatic rings. The molecule has 3 heterocycles. The van der Waals surface area contributed by atoms with Gasteiger partial charge in [0.25, 0.3) is 5.91 Å². The average Bonchev–Trinajstić information content (AvgIpc) is 3.37. The molecular formula is C28H29N5O3. The van der Waals surface area contributed by atoms with E-state index < -0.39 is 0 Å². The summed E-state index contributed by atoms with van der Waals surface area (Å²) in [5, 5.41) is 4.51. The Balaban J connectivity index is 1.28. The fourth-order valence-electron chi connectivity index (χ4n) is 4.46. The van der Waals surface area contributed by atoms with E-state index in [-0.39, 0.29) is 5.91 Å². The van der Waals surface area contributed by atoms with E-state index in [0.29, 0.717) is 35.8 Å². The summed E-state index contributed by atoms with van der Waals surface area (Å²) >= 11 is 0. The highest BCUT2D eigenvalue weighted by atomic mass is 16.5. The van der Waals surface area contributed by atoms with Crippen LogP contribution in [0.4, 0.5) is 0 Å². The van der Waals surface area contributed by atoms with Crippen LogP contribution < -0.4 is 9.47 Å². The van der Waals surface area contributed by atoms with Crippen molar-refractivity contribution in [3.05, 3.63) is 84.2 Å². The van der Waals surface area contributed by atoms with Gasteiger partial charge in [0, 0.05) is 44.5 Å². The Labute approximate surface area is 210 Å². The van der Waals surface area contributed by atoms with E-state index in [4.69, 9.17) is 9.47 Å². The number of benzene rings is 2. The number of amides is 1. The molecule has 2 aromatic heterocycles.